The van der Waals surface area contributed by atoms with Crippen LogP contribution in [0.15, 0.2) is 60.6 Å². The molecule has 2 aliphatic heterocycles. The molecule has 1 aromatic heterocycles. The predicted octanol–water partition coefficient (Wildman–Crippen LogP) is 6.02. The molecular weight excluding hydrogens is 429 g/mol. The van der Waals surface area contributed by atoms with Crippen LogP contribution in [0, 0.1) is 12.7 Å². The second kappa shape index (κ2) is 9.45. The lowest BCUT2D eigenvalue weighted by molar-refractivity contribution is -0.133. The number of carbonyl (C=O) groups is 1. The second-order valence-corrected chi connectivity index (χ2v) is 9.28. The smallest absolute Gasteiger partial charge is 0.250 e. The van der Waals surface area contributed by atoms with Crippen molar-refractivity contribution in [3.8, 4) is 11.4 Å². The highest BCUT2D eigenvalue weighted by atomic mass is 19.1. The summed E-state index contributed by atoms with van der Waals surface area (Å²) in [7, 11) is 1.65. The monoisotopic (exact) mass is 459 g/mol. The van der Waals surface area contributed by atoms with Crippen LogP contribution in [0.4, 0.5) is 4.39 Å². The van der Waals surface area contributed by atoms with Crippen molar-refractivity contribution in [1.29, 1.82) is 0 Å². The van der Waals surface area contributed by atoms with Gasteiger partial charge in [-0.3, -0.25) is 4.79 Å². The molecule has 2 atom stereocenters. The quantitative estimate of drug-likeness (QED) is 0.449. The van der Waals surface area contributed by atoms with Gasteiger partial charge in [0.1, 0.15) is 11.6 Å². The molecule has 2 fully saturated rings. The van der Waals surface area contributed by atoms with Gasteiger partial charge < -0.3 is 14.2 Å². The lowest BCUT2D eigenvalue weighted by Gasteiger charge is -2.42. The lowest BCUT2D eigenvalue weighted by Crippen LogP contribution is -2.45. The van der Waals surface area contributed by atoms with Gasteiger partial charge in [-0.05, 0) is 86.9 Å². The van der Waals surface area contributed by atoms with Crippen LogP contribution in [-0.4, -0.2) is 33.5 Å². The van der Waals surface area contributed by atoms with Crippen LogP contribution in [-0.2, 0) is 4.79 Å². The van der Waals surface area contributed by atoms with E-state index in [0.29, 0.717) is 0 Å². The van der Waals surface area contributed by atoms with Crippen LogP contribution < -0.4 is 4.74 Å². The van der Waals surface area contributed by atoms with Crippen LogP contribution in [0.25, 0.3) is 11.8 Å². The molecule has 2 aromatic carbocycles. The number of amides is 1. The SMILES string of the molecule is COc1cc(C=C2CCC[C@H]3CCC[C@@H](c4ccc(F)cc4)N3C2=O)ccc1-n1cnc(C)c1. The van der Waals surface area contributed by atoms with Gasteiger partial charge in [-0.2, -0.15) is 0 Å². The molecule has 1 amide bonds. The molecule has 5 nitrogen and oxygen atoms in total. The Kier molecular flexibility index (Phi) is 6.22. The van der Waals surface area contributed by atoms with E-state index in [-0.39, 0.29) is 23.8 Å². The van der Waals surface area contributed by atoms with E-state index in [0.717, 1.165) is 72.4 Å². The van der Waals surface area contributed by atoms with Crippen molar-refractivity contribution < 1.29 is 13.9 Å². The Morgan fingerprint density at radius 3 is 2.62 bits per heavy atom. The van der Waals surface area contributed by atoms with Crippen LogP contribution in [0.5, 0.6) is 5.75 Å². The molecule has 6 heteroatoms. The van der Waals surface area contributed by atoms with Crippen molar-refractivity contribution in [3.63, 3.8) is 0 Å². The second-order valence-electron chi connectivity index (χ2n) is 9.28. The average molecular weight is 460 g/mol. The summed E-state index contributed by atoms with van der Waals surface area (Å²) in [5, 5.41) is 0. The molecule has 3 aromatic rings. The van der Waals surface area contributed by atoms with Crippen molar-refractivity contribution in [3.05, 3.63) is 83.2 Å². The van der Waals surface area contributed by atoms with Gasteiger partial charge in [-0.25, -0.2) is 9.37 Å². The van der Waals surface area contributed by atoms with Crippen LogP contribution >= 0.6 is 0 Å². The van der Waals surface area contributed by atoms with Gasteiger partial charge in [0.2, 0.25) is 0 Å². The number of piperidine rings is 1. The van der Waals surface area contributed by atoms with Crippen LogP contribution in [0.3, 0.4) is 0 Å². The summed E-state index contributed by atoms with van der Waals surface area (Å²) < 4.78 is 21.1. The molecule has 5 rings (SSSR count). The highest BCUT2D eigenvalue weighted by Crippen LogP contribution is 2.40. The Morgan fingerprint density at radius 2 is 1.88 bits per heavy atom. The first kappa shape index (κ1) is 22.4. The molecule has 2 saturated heterocycles. The van der Waals surface area contributed by atoms with E-state index in [2.05, 4.69) is 9.88 Å². The number of nitrogens with zero attached hydrogens (tertiary/aromatic N) is 3. The summed E-state index contributed by atoms with van der Waals surface area (Å²) in [6, 6.07) is 12.9. The number of aryl methyl sites for hydroxylation is 1. The number of hydrogen-bond acceptors (Lipinski definition) is 3. The molecule has 176 valence electrons. The highest BCUT2D eigenvalue weighted by Gasteiger charge is 2.37. The van der Waals surface area contributed by atoms with E-state index in [1.807, 2.05) is 54.1 Å². The fourth-order valence-corrected chi connectivity index (χ4v) is 5.37. The predicted molar refractivity (Wildman–Crippen MR) is 130 cm³/mol. The first-order valence-electron chi connectivity index (χ1n) is 12.0. The summed E-state index contributed by atoms with van der Waals surface area (Å²) >= 11 is 0. The average Bonchev–Trinajstić information content (AvgIpc) is 3.22. The third-order valence-electron chi connectivity index (χ3n) is 7.03. The molecule has 0 unspecified atom stereocenters. The van der Waals surface area contributed by atoms with Gasteiger partial charge in [0.25, 0.3) is 5.91 Å². The van der Waals surface area contributed by atoms with Crippen molar-refractivity contribution in [2.45, 2.75) is 57.5 Å². The number of hydrogen-bond donors (Lipinski definition) is 0. The maximum Gasteiger partial charge on any atom is 0.250 e. The minimum absolute atomic E-state index is 0.00487. The Bertz CT molecular complexity index is 1210. The summed E-state index contributed by atoms with van der Waals surface area (Å²) in [4.78, 5) is 20.2. The zero-order valence-electron chi connectivity index (χ0n) is 19.7. The molecule has 0 spiro atoms. The van der Waals surface area contributed by atoms with Crippen molar-refractivity contribution in [2.75, 3.05) is 7.11 Å². The first-order chi connectivity index (χ1) is 16.5. The third-order valence-corrected chi connectivity index (χ3v) is 7.03. The number of imidazole rings is 1. The molecule has 0 saturated carbocycles. The summed E-state index contributed by atoms with van der Waals surface area (Å²) in [6.07, 6.45) is 11.5. The lowest BCUT2D eigenvalue weighted by atomic mass is 9.89. The fourth-order valence-electron chi connectivity index (χ4n) is 5.37. The third kappa shape index (κ3) is 4.37. The van der Waals surface area contributed by atoms with E-state index in [4.69, 9.17) is 4.74 Å². The molecule has 0 bridgehead atoms. The van der Waals surface area contributed by atoms with E-state index in [1.54, 1.807) is 13.4 Å². The Balaban J connectivity index is 1.47. The number of fused-ring (bicyclic) bond motifs is 1. The summed E-state index contributed by atoms with van der Waals surface area (Å²) in [5.41, 5.74) is 4.62. The van der Waals surface area contributed by atoms with Crippen molar-refractivity contribution in [1.82, 2.24) is 14.5 Å². The number of rotatable bonds is 4. The van der Waals surface area contributed by atoms with Crippen LogP contribution in [0.2, 0.25) is 0 Å². The maximum absolute atomic E-state index is 13.8. The van der Waals surface area contributed by atoms with E-state index < -0.39 is 0 Å². The standard InChI is InChI=1S/C28H30FN3O2/c1-19-17-31(18-30-19)26-14-9-20(16-27(26)34-2)15-22-5-3-6-24-7-4-8-25(32(24)28(22)33)21-10-12-23(29)13-11-21/h9-18,24-25H,3-8H2,1-2H3/t24-,25-/m0/s1. The molecule has 34 heavy (non-hydrogen) atoms. The van der Waals surface area contributed by atoms with Gasteiger partial charge >= 0.3 is 0 Å². The largest absolute Gasteiger partial charge is 0.495 e. The Hall–Kier alpha value is -3.41. The van der Waals surface area contributed by atoms with Gasteiger partial charge in [0, 0.05) is 17.8 Å². The van der Waals surface area contributed by atoms with Gasteiger partial charge in [-0.1, -0.05) is 18.2 Å². The molecule has 2 aliphatic rings. The maximum atomic E-state index is 13.8. The number of aromatic nitrogens is 2. The zero-order chi connectivity index (χ0) is 23.7. The number of methoxy groups -OCH3 is 1. The topological polar surface area (TPSA) is 47.4 Å². The Morgan fingerprint density at radius 1 is 1.09 bits per heavy atom. The molecule has 0 N–H and O–H groups in total. The normalized spacial score (nSPS) is 21.9. The summed E-state index contributed by atoms with van der Waals surface area (Å²) in [6.45, 7) is 1.95. The van der Waals surface area contributed by atoms with Crippen LogP contribution in [0.1, 0.15) is 61.4 Å². The first-order valence-corrected chi connectivity index (χ1v) is 12.0. The molecular formula is C28H30FN3O2. The zero-order valence-corrected chi connectivity index (χ0v) is 19.7. The van der Waals surface area contributed by atoms with Crippen molar-refractivity contribution in [2.24, 2.45) is 0 Å². The minimum atomic E-state index is -0.248. The van der Waals surface area contributed by atoms with Gasteiger partial charge in [0.05, 0.1) is 30.9 Å². The fraction of sp³-hybridized carbons (Fsp3) is 0.357. The van der Waals surface area contributed by atoms with Crippen molar-refractivity contribution >= 4 is 12.0 Å². The number of ether oxygens (including phenoxy) is 1. The van der Waals surface area contributed by atoms with Gasteiger partial charge in [-0.15, -0.1) is 0 Å². The molecule has 3 heterocycles. The van der Waals surface area contributed by atoms with E-state index in [1.165, 1.54) is 12.1 Å². The number of benzene rings is 2. The molecule has 0 aliphatic carbocycles. The number of halogens is 1. The van der Waals surface area contributed by atoms with E-state index >= 15 is 0 Å². The number of carbonyl (C=O) groups excluding carboxylic acids is 1. The summed E-state index contributed by atoms with van der Waals surface area (Å²) in [5.74, 6) is 0.583. The Labute approximate surface area is 199 Å². The highest BCUT2D eigenvalue weighted by molar-refractivity contribution is 5.98. The van der Waals surface area contributed by atoms with E-state index in [9.17, 15) is 9.18 Å². The van der Waals surface area contributed by atoms with Gasteiger partial charge in [0.15, 0.2) is 0 Å². The molecule has 0 radical (unpaired) electrons. The minimum Gasteiger partial charge on any atom is -0.495 e.